The molecule has 8 nitrogen and oxygen atoms in total. The Morgan fingerprint density at radius 2 is 2.25 bits per heavy atom. The lowest BCUT2D eigenvalue weighted by Gasteiger charge is -2.07. The Hall–Kier alpha value is -2.38. The number of hydrogen-bond donors (Lipinski definition) is 2. The second kappa shape index (κ2) is 7.27. The van der Waals surface area contributed by atoms with Gasteiger partial charge < -0.3 is 15.8 Å². The van der Waals surface area contributed by atoms with Crippen LogP contribution in [0.5, 0.6) is 6.01 Å². The van der Waals surface area contributed by atoms with Crippen molar-refractivity contribution in [2.45, 2.75) is 26.3 Å². The van der Waals surface area contributed by atoms with E-state index in [-0.39, 0.29) is 12.0 Å². The summed E-state index contributed by atoms with van der Waals surface area (Å²) in [5.41, 5.74) is 5.62. The van der Waals surface area contributed by atoms with E-state index < -0.39 is 0 Å². The van der Waals surface area contributed by atoms with Gasteiger partial charge in [0.1, 0.15) is 0 Å². The predicted molar refractivity (Wildman–Crippen MR) is 75.4 cm³/mol. The molecular weight excluding hydrogens is 258 g/mol. The quantitative estimate of drug-likeness (QED) is 0.692. The average Bonchev–Trinajstić information content (AvgIpc) is 2.94. The third-order valence-corrected chi connectivity index (χ3v) is 2.47. The summed E-state index contributed by atoms with van der Waals surface area (Å²) >= 11 is 0. The van der Waals surface area contributed by atoms with Gasteiger partial charge in [0, 0.05) is 25.5 Å². The molecule has 8 heteroatoms. The van der Waals surface area contributed by atoms with Crippen LogP contribution < -0.4 is 15.8 Å². The van der Waals surface area contributed by atoms with E-state index >= 15 is 0 Å². The number of ether oxygens (including phenoxy) is 1. The lowest BCUT2D eigenvalue weighted by Crippen LogP contribution is -2.12. The second-order valence-electron chi connectivity index (χ2n) is 4.20. The zero-order valence-electron chi connectivity index (χ0n) is 11.5. The van der Waals surface area contributed by atoms with Crippen molar-refractivity contribution < 1.29 is 4.74 Å². The number of nitrogen functional groups attached to an aromatic ring is 1. The third kappa shape index (κ3) is 4.38. The first-order chi connectivity index (χ1) is 9.78. The maximum Gasteiger partial charge on any atom is 0.323 e. The van der Waals surface area contributed by atoms with Crippen LogP contribution in [0.2, 0.25) is 0 Å². The van der Waals surface area contributed by atoms with E-state index in [4.69, 9.17) is 10.5 Å². The van der Waals surface area contributed by atoms with Gasteiger partial charge in [-0.3, -0.25) is 4.68 Å². The average molecular weight is 277 g/mol. The molecule has 0 saturated carbocycles. The Morgan fingerprint density at radius 3 is 3.00 bits per heavy atom. The Balaban J connectivity index is 1.80. The molecular formula is C12H19N7O. The highest BCUT2D eigenvalue weighted by Crippen LogP contribution is 2.09. The Labute approximate surface area is 117 Å². The van der Waals surface area contributed by atoms with Crippen molar-refractivity contribution in [2.75, 3.05) is 24.2 Å². The summed E-state index contributed by atoms with van der Waals surface area (Å²) < 4.78 is 7.22. The summed E-state index contributed by atoms with van der Waals surface area (Å²) in [7, 11) is 0. The summed E-state index contributed by atoms with van der Waals surface area (Å²) in [5.74, 6) is 0.588. The first kappa shape index (κ1) is 14.0. The van der Waals surface area contributed by atoms with Gasteiger partial charge in [0.2, 0.25) is 11.9 Å². The van der Waals surface area contributed by atoms with Gasteiger partial charge >= 0.3 is 6.01 Å². The van der Waals surface area contributed by atoms with Gasteiger partial charge in [-0.05, 0) is 18.9 Å². The van der Waals surface area contributed by atoms with Crippen LogP contribution in [0.3, 0.4) is 0 Å². The van der Waals surface area contributed by atoms with Crippen LogP contribution in [0, 0.1) is 0 Å². The molecule has 0 atom stereocenters. The molecule has 0 fully saturated rings. The lowest BCUT2D eigenvalue weighted by molar-refractivity contribution is 0.292. The van der Waals surface area contributed by atoms with Crippen molar-refractivity contribution in [2.24, 2.45) is 0 Å². The summed E-state index contributed by atoms with van der Waals surface area (Å²) in [4.78, 5) is 12.1. The van der Waals surface area contributed by atoms with Crippen LogP contribution in [0.1, 0.15) is 19.8 Å². The van der Waals surface area contributed by atoms with E-state index in [0.717, 1.165) is 25.9 Å². The molecule has 0 bridgehead atoms. The van der Waals surface area contributed by atoms with E-state index in [1.54, 1.807) is 6.20 Å². The molecule has 0 aliphatic rings. The molecule has 0 aromatic carbocycles. The molecule has 20 heavy (non-hydrogen) atoms. The topological polar surface area (TPSA) is 104 Å². The fourth-order valence-corrected chi connectivity index (χ4v) is 1.58. The highest BCUT2D eigenvalue weighted by atomic mass is 16.5. The van der Waals surface area contributed by atoms with Crippen LogP contribution in [0.25, 0.3) is 0 Å². The molecule has 0 aliphatic heterocycles. The largest absolute Gasteiger partial charge is 0.463 e. The van der Waals surface area contributed by atoms with Gasteiger partial charge in [0.15, 0.2) is 0 Å². The second-order valence-corrected chi connectivity index (χ2v) is 4.20. The number of anilines is 2. The van der Waals surface area contributed by atoms with Crippen LogP contribution >= 0.6 is 0 Å². The summed E-state index contributed by atoms with van der Waals surface area (Å²) in [5, 5.41) is 7.23. The minimum Gasteiger partial charge on any atom is -0.463 e. The molecule has 2 aromatic rings. The maximum atomic E-state index is 5.62. The van der Waals surface area contributed by atoms with Gasteiger partial charge in [-0.15, -0.1) is 0 Å². The summed E-state index contributed by atoms with van der Waals surface area (Å²) in [6.45, 7) is 4.12. The van der Waals surface area contributed by atoms with Crippen molar-refractivity contribution in [3.05, 3.63) is 18.5 Å². The highest BCUT2D eigenvalue weighted by molar-refractivity contribution is 5.32. The highest BCUT2D eigenvalue weighted by Gasteiger charge is 2.04. The van der Waals surface area contributed by atoms with Gasteiger partial charge in [-0.25, -0.2) is 0 Å². The number of aryl methyl sites for hydroxylation is 1. The van der Waals surface area contributed by atoms with Crippen molar-refractivity contribution in [3.8, 4) is 6.01 Å². The van der Waals surface area contributed by atoms with Crippen molar-refractivity contribution >= 4 is 11.9 Å². The Kier molecular flexibility index (Phi) is 5.10. The molecule has 0 saturated heterocycles. The van der Waals surface area contributed by atoms with Crippen molar-refractivity contribution in [3.63, 3.8) is 0 Å². The molecule has 2 rings (SSSR count). The Morgan fingerprint density at radius 1 is 1.35 bits per heavy atom. The fraction of sp³-hybridized carbons (Fsp3) is 0.500. The molecule has 0 unspecified atom stereocenters. The number of hydrogen-bond acceptors (Lipinski definition) is 7. The molecule has 0 radical (unpaired) electrons. The first-order valence-corrected chi connectivity index (χ1v) is 6.63. The monoisotopic (exact) mass is 277 g/mol. The van der Waals surface area contributed by atoms with E-state index in [1.165, 1.54) is 0 Å². The van der Waals surface area contributed by atoms with Crippen molar-refractivity contribution in [1.82, 2.24) is 24.7 Å². The van der Waals surface area contributed by atoms with Crippen LogP contribution in [-0.2, 0) is 6.54 Å². The molecule has 3 N–H and O–H groups in total. The van der Waals surface area contributed by atoms with Gasteiger partial charge in [-0.1, -0.05) is 6.92 Å². The van der Waals surface area contributed by atoms with E-state index in [0.29, 0.717) is 12.6 Å². The van der Waals surface area contributed by atoms with E-state index in [9.17, 15) is 0 Å². The molecule has 108 valence electrons. The minimum absolute atomic E-state index is 0.153. The molecule has 2 aromatic heterocycles. The molecule has 0 spiro atoms. The van der Waals surface area contributed by atoms with Gasteiger partial charge in [0.05, 0.1) is 6.61 Å². The molecule has 0 aliphatic carbocycles. The number of nitrogens with two attached hydrogens (primary N) is 1. The number of aromatic nitrogens is 5. The SMILES string of the molecule is CCCOc1nc(N)nc(NCCCn2cccn2)n1. The zero-order valence-corrected chi connectivity index (χ0v) is 11.5. The van der Waals surface area contributed by atoms with Crippen molar-refractivity contribution in [1.29, 1.82) is 0 Å². The third-order valence-electron chi connectivity index (χ3n) is 2.47. The zero-order chi connectivity index (χ0) is 14.2. The summed E-state index contributed by atoms with van der Waals surface area (Å²) in [6, 6.07) is 2.16. The number of rotatable bonds is 8. The summed E-state index contributed by atoms with van der Waals surface area (Å²) in [6.07, 6.45) is 5.48. The number of nitrogens with zero attached hydrogens (tertiary/aromatic N) is 5. The normalized spacial score (nSPS) is 10.4. The van der Waals surface area contributed by atoms with E-state index in [2.05, 4.69) is 25.4 Å². The van der Waals surface area contributed by atoms with Crippen LogP contribution in [0.4, 0.5) is 11.9 Å². The number of nitrogens with one attached hydrogen (secondary N) is 1. The smallest absolute Gasteiger partial charge is 0.323 e. The maximum absolute atomic E-state index is 5.62. The predicted octanol–water partition coefficient (Wildman–Crippen LogP) is 0.941. The fourth-order valence-electron chi connectivity index (χ4n) is 1.58. The first-order valence-electron chi connectivity index (χ1n) is 6.63. The van der Waals surface area contributed by atoms with Crippen LogP contribution in [0.15, 0.2) is 18.5 Å². The lowest BCUT2D eigenvalue weighted by atomic mass is 10.4. The molecule has 0 amide bonds. The van der Waals surface area contributed by atoms with Gasteiger partial charge in [-0.2, -0.15) is 20.1 Å². The van der Waals surface area contributed by atoms with Gasteiger partial charge in [0.25, 0.3) is 0 Å². The standard InChI is InChI=1S/C12H19N7O/c1-2-9-20-12-17-10(13)16-11(18-12)14-5-3-7-19-8-4-6-15-19/h4,6,8H,2-3,5,7,9H2,1H3,(H3,13,14,16,17,18). The molecule has 2 heterocycles. The Bertz CT molecular complexity index is 515. The minimum atomic E-state index is 0.153. The van der Waals surface area contributed by atoms with E-state index in [1.807, 2.05) is 23.9 Å². The van der Waals surface area contributed by atoms with Crippen LogP contribution in [-0.4, -0.2) is 37.9 Å².